The number of ether oxygens (including phenoxy) is 1. The number of phenolic OH excluding ortho intramolecular Hbond substituents is 1. The van der Waals surface area contributed by atoms with Gasteiger partial charge in [0.2, 0.25) is 0 Å². The van der Waals surface area contributed by atoms with Crippen LogP contribution in [0.5, 0.6) is 5.75 Å². The summed E-state index contributed by atoms with van der Waals surface area (Å²) in [4.78, 5) is 27.0. The highest BCUT2D eigenvalue weighted by Crippen LogP contribution is 2.38. The summed E-state index contributed by atoms with van der Waals surface area (Å²) < 4.78 is 19.7. The molecule has 2 N–H and O–H groups in total. The van der Waals surface area contributed by atoms with E-state index in [1.54, 1.807) is 17.0 Å². The maximum absolute atomic E-state index is 14.3. The molecular formula is C26H31ClFNO5. The maximum Gasteiger partial charge on any atom is 0.410 e. The number of likely N-dealkylation sites (tertiary alicyclic amines) is 1. The van der Waals surface area contributed by atoms with Gasteiger partial charge in [0.15, 0.2) is 5.78 Å². The van der Waals surface area contributed by atoms with Gasteiger partial charge in [-0.05, 0) is 70.2 Å². The van der Waals surface area contributed by atoms with Gasteiger partial charge in [0.1, 0.15) is 17.2 Å². The predicted molar refractivity (Wildman–Crippen MR) is 128 cm³/mol. The van der Waals surface area contributed by atoms with E-state index in [0.717, 1.165) is 6.07 Å². The Labute approximate surface area is 204 Å². The lowest BCUT2D eigenvalue weighted by Crippen LogP contribution is -2.41. The number of para-hydroxylation sites is 1. The van der Waals surface area contributed by atoms with Crippen LogP contribution in [0.1, 0.15) is 74.4 Å². The summed E-state index contributed by atoms with van der Waals surface area (Å²) in [5.74, 6) is -1.40. The van der Waals surface area contributed by atoms with E-state index in [2.05, 4.69) is 0 Å². The van der Waals surface area contributed by atoms with Crippen molar-refractivity contribution in [3.05, 3.63) is 63.9 Å². The van der Waals surface area contributed by atoms with Gasteiger partial charge < -0.3 is 19.8 Å². The first-order valence-corrected chi connectivity index (χ1v) is 11.7. The second-order valence-corrected chi connectivity index (χ2v) is 10.4. The number of aliphatic hydroxyl groups is 1. The fourth-order valence-corrected chi connectivity index (χ4v) is 4.40. The molecule has 34 heavy (non-hydrogen) atoms. The second kappa shape index (κ2) is 9.92. The third-order valence-electron chi connectivity index (χ3n) is 5.97. The average molecular weight is 492 g/mol. The Morgan fingerprint density at radius 3 is 2.38 bits per heavy atom. The summed E-state index contributed by atoms with van der Waals surface area (Å²) in [6, 6.07) is 8.81. The Hall–Kier alpha value is -2.64. The molecule has 1 aliphatic rings. The van der Waals surface area contributed by atoms with Crippen LogP contribution in [0.25, 0.3) is 0 Å². The number of carbonyl (C=O) groups is 2. The number of piperidine rings is 1. The van der Waals surface area contributed by atoms with Crippen molar-refractivity contribution in [3.8, 4) is 5.75 Å². The highest BCUT2D eigenvalue weighted by Gasteiger charge is 2.33. The number of benzene rings is 2. The van der Waals surface area contributed by atoms with Crippen molar-refractivity contribution < 1.29 is 28.9 Å². The first-order valence-electron chi connectivity index (χ1n) is 11.3. The number of hydrogen-bond acceptors (Lipinski definition) is 5. The Kier molecular flexibility index (Phi) is 7.58. The van der Waals surface area contributed by atoms with E-state index < -0.39 is 29.2 Å². The molecule has 1 heterocycles. The Bertz CT molecular complexity index is 1070. The third-order valence-corrected chi connectivity index (χ3v) is 6.21. The van der Waals surface area contributed by atoms with Crippen LogP contribution < -0.4 is 0 Å². The number of hydrogen-bond donors (Lipinski definition) is 2. The molecule has 3 rings (SSSR count). The summed E-state index contributed by atoms with van der Waals surface area (Å²) >= 11 is 5.78. The van der Waals surface area contributed by atoms with Crippen LogP contribution in [-0.2, 0) is 10.3 Å². The monoisotopic (exact) mass is 491 g/mol. The van der Waals surface area contributed by atoms with Gasteiger partial charge in [-0.1, -0.05) is 29.8 Å². The third kappa shape index (κ3) is 6.07. The quantitative estimate of drug-likeness (QED) is 0.518. The fraction of sp³-hybridized carbons (Fsp3) is 0.462. The van der Waals surface area contributed by atoms with Crippen molar-refractivity contribution in [3.63, 3.8) is 0 Å². The van der Waals surface area contributed by atoms with Gasteiger partial charge in [-0.3, -0.25) is 4.79 Å². The summed E-state index contributed by atoms with van der Waals surface area (Å²) in [6.45, 7) is 7.75. The summed E-state index contributed by atoms with van der Waals surface area (Å²) in [6.07, 6.45) is 0.437. The van der Waals surface area contributed by atoms with Gasteiger partial charge in [-0.15, -0.1) is 0 Å². The summed E-state index contributed by atoms with van der Waals surface area (Å²) in [5.41, 5.74) is -1.71. The summed E-state index contributed by atoms with van der Waals surface area (Å²) in [5, 5.41) is 21.9. The van der Waals surface area contributed by atoms with Crippen molar-refractivity contribution in [2.24, 2.45) is 0 Å². The van der Waals surface area contributed by atoms with Crippen LogP contribution >= 0.6 is 11.6 Å². The number of amides is 1. The van der Waals surface area contributed by atoms with Crippen LogP contribution in [-0.4, -0.2) is 45.7 Å². The largest absolute Gasteiger partial charge is 0.507 e. The van der Waals surface area contributed by atoms with Crippen LogP contribution in [0, 0.1) is 5.82 Å². The molecule has 8 heteroatoms. The lowest BCUT2D eigenvalue weighted by Gasteiger charge is -2.34. The smallest absolute Gasteiger partial charge is 0.410 e. The minimum Gasteiger partial charge on any atom is -0.507 e. The normalized spacial score (nSPS) is 16.7. The second-order valence-electron chi connectivity index (χ2n) is 9.98. The van der Waals surface area contributed by atoms with Crippen LogP contribution in [0.2, 0.25) is 5.02 Å². The molecule has 1 saturated heterocycles. The number of ketones is 1. The van der Waals surface area contributed by atoms with Crippen LogP contribution in [0.15, 0.2) is 36.4 Å². The molecule has 0 aliphatic carbocycles. The lowest BCUT2D eigenvalue weighted by molar-refractivity contribution is 0.0204. The molecule has 0 radical (unpaired) electrons. The molecule has 6 nitrogen and oxygen atoms in total. The van der Waals surface area contributed by atoms with Gasteiger partial charge in [0, 0.05) is 30.1 Å². The van der Waals surface area contributed by atoms with Crippen molar-refractivity contribution in [1.29, 1.82) is 0 Å². The zero-order valence-electron chi connectivity index (χ0n) is 19.9. The van der Waals surface area contributed by atoms with E-state index in [0.29, 0.717) is 31.5 Å². The molecule has 1 unspecified atom stereocenters. The molecule has 1 amide bonds. The van der Waals surface area contributed by atoms with Gasteiger partial charge in [0.25, 0.3) is 0 Å². The molecule has 1 atom stereocenters. The molecule has 0 saturated carbocycles. The minimum absolute atomic E-state index is 0.0411. The first kappa shape index (κ1) is 26.0. The molecule has 2 aromatic rings. The van der Waals surface area contributed by atoms with E-state index in [1.807, 2.05) is 20.8 Å². The highest BCUT2D eigenvalue weighted by molar-refractivity contribution is 6.30. The number of nitrogens with zero attached hydrogens (tertiary/aromatic N) is 1. The van der Waals surface area contributed by atoms with Crippen molar-refractivity contribution in [2.45, 2.75) is 64.1 Å². The Morgan fingerprint density at radius 2 is 1.79 bits per heavy atom. The zero-order chi connectivity index (χ0) is 25.3. The number of halogens is 2. The number of phenols is 1. The fourth-order valence-electron chi connectivity index (χ4n) is 4.24. The topological polar surface area (TPSA) is 87.1 Å². The van der Waals surface area contributed by atoms with Gasteiger partial charge >= 0.3 is 6.09 Å². The zero-order valence-corrected chi connectivity index (χ0v) is 20.7. The molecule has 1 aliphatic heterocycles. The Balaban J connectivity index is 1.72. The number of Topliss-reactive ketones (excluding diaryl/α,β-unsaturated/α-hetero) is 1. The average Bonchev–Trinajstić information content (AvgIpc) is 2.72. The minimum atomic E-state index is -1.78. The molecule has 0 spiro atoms. The Morgan fingerprint density at radius 1 is 1.15 bits per heavy atom. The van der Waals surface area contributed by atoms with E-state index >= 15 is 0 Å². The van der Waals surface area contributed by atoms with Gasteiger partial charge in [-0.2, -0.15) is 0 Å². The van der Waals surface area contributed by atoms with E-state index in [-0.39, 0.29) is 33.9 Å². The first-order chi connectivity index (χ1) is 15.8. The highest BCUT2D eigenvalue weighted by atomic mass is 35.5. The molecule has 0 aromatic heterocycles. The summed E-state index contributed by atoms with van der Waals surface area (Å²) in [7, 11) is 0. The number of rotatable bonds is 5. The van der Waals surface area contributed by atoms with Crippen molar-refractivity contribution in [2.75, 3.05) is 13.1 Å². The van der Waals surface area contributed by atoms with Crippen molar-refractivity contribution in [1.82, 2.24) is 4.90 Å². The molecular weight excluding hydrogens is 461 g/mol. The molecule has 1 fully saturated rings. The van der Waals surface area contributed by atoms with Crippen LogP contribution in [0.4, 0.5) is 9.18 Å². The lowest BCUT2D eigenvalue weighted by atomic mass is 9.85. The van der Waals surface area contributed by atoms with Crippen LogP contribution in [0.3, 0.4) is 0 Å². The van der Waals surface area contributed by atoms with E-state index in [1.165, 1.54) is 25.1 Å². The van der Waals surface area contributed by atoms with Gasteiger partial charge in [0.05, 0.1) is 11.2 Å². The van der Waals surface area contributed by atoms with E-state index in [9.17, 15) is 24.2 Å². The number of carbonyl (C=O) groups excluding carboxylic acids is 2. The standard InChI is InChI=1S/C26H31ClFNO5/c1-25(2,3)34-24(32)29-12-10-16(11-13-29)18-6-5-7-19(23(18)31)22(30)15-26(4,33)20-9-8-17(27)14-21(20)28/h5-9,14,16,31,33H,10-13,15H2,1-4H3. The number of aromatic hydroxyl groups is 1. The SMILES string of the molecule is CC(C)(C)OC(=O)N1CCC(c2cccc(C(=O)CC(C)(O)c3ccc(Cl)cc3F)c2O)CC1. The molecule has 0 bridgehead atoms. The predicted octanol–water partition coefficient (Wildman–Crippen LogP) is 5.78. The molecule has 2 aromatic carbocycles. The van der Waals surface area contributed by atoms with Gasteiger partial charge in [-0.25, -0.2) is 9.18 Å². The molecule has 184 valence electrons. The van der Waals surface area contributed by atoms with Crippen molar-refractivity contribution >= 4 is 23.5 Å². The van der Waals surface area contributed by atoms with E-state index in [4.69, 9.17) is 16.3 Å². The maximum atomic E-state index is 14.3.